The van der Waals surface area contributed by atoms with Crippen molar-refractivity contribution in [2.45, 2.75) is 19.9 Å². The number of hydrogen-bond acceptors (Lipinski definition) is 6. The Morgan fingerprint density at radius 1 is 1.22 bits per heavy atom. The third-order valence-electron chi connectivity index (χ3n) is 4.55. The zero-order valence-corrected chi connectivity index (χ0v) is 15.6. The standard InChI is InChI=1S/C19H21N7O/c1-12-10-21-17(22-12)19(27)26-9-7-13-15(11-26)23-16(24-18(13)25(2)3)14-6-4-5-8-20-14/h4-6,8,10H,7,9,11H2,1-3H3,(H,21,22). The van der Waals surface area contributed by atoms with Crippen LogP contribution < -0.4 is 4.90 Å². The maximum atomic E-state index is 12.8. The predicted molar refractivity (Wildman–Crippen MR) is 101 cm³/mol. The van der Waals surface area contributed by atoms with Crippen molar-refractivity contribution in [2.75, 3.05) is 25.5 Å². The second-order valence-corrected chi connectivity index (χ2v) is 6.80. The van der Waals surface area contributed by atoms with Crippen molar-refractivity contribution in [1.82, 2.24) is 29.8 Å². The lowest BCUT2D eigenvalue weighted by Crippen LogP contribution is -2.38. The van der Waals surface area contributed by atoms with E-state index in [2.05, 4.69) is 15.0 Å². The number of fused-ring (bicyclic) bond motifs is 1. The molecule has 1 amide bonds. The second kappa shape index (κ2) is 6.79. The lowest BCUT2D eigenvalue weighted by Gasteiger charge is -2.30. The summed E-state index contributed by atoms with van der Waals surface area (Å²) in [6.45, 7) is 2.92. The Bertz CT molecular complexity index is 981. The van der Waals surface area contributed by atoms with E-state index in [1.54, 1.807) is 17.3 Å². The van der Waals surface area contributed by atoms with E-state index in [9.17, 15) is 4.79 Å². The molecule has 4 rings (SSSR count). The number of imidazole rings is 1. The van der Waals surface area contributed by atoms with E-state index in [4.69, 9.17) is 9.97 Å². The van der Waals surface area contributed by atoms with Crippen molar-refractivity contribution in [3.05, 3.63) is 53.4 Å². The van der Waals surface area contributed by atoms with E-state index in [-0.39, 0.29) is 5.91 Å². The molecule has 3 aromatic heterocycles. The van der Waals surface area contributed by atoms with E-state index >= 15 is 0 Å². The first kappa shape index (κ1) is 17.1. The molecule has 0 bridgehead atoms. The lowest BCUT2D eigenvalue weighted by atomic mass is 10.0. The molecule has 0 radical (unpaired) electrons. The highest BCUT2D eigenvalue weighted by Gasteiger charge is 2.28. The number of aryl methyl sites for hydroxylation is 1. The summed E-state index contributed by atoms with van der Waals surface area (Å²) in [6, 6.07) is 5.66. The lowest BCUT2D eigenvalue weighted by molar-refractivity contribution is 0.0720. The van der Waals surface area contributed by atoms with Crippen LogP contribution in [0.5, 0.6) is 0 Å². The van der Waals surface area contributed by atoms with Crippen LogP contribution in [-0.4, -0.2) is 56.4 Å². The fraction of sp³-hybridized carbons (Fsp3) is 0.316. The molecule has 0 saturated carbocycles. The summed E-state index contributed by atoms with van der Waals surface area (Å²) < 4.78 is 0. The predicted octanol–water partition coefficient (Wildman–Crippen LogP) is 1.83. The van der Waals surface area contributed by atoms with Gasteiger partial charge in [0.1, 0.15) is 11.5 Å². The monoisotopic (exact) mass is 363 g/mol. The number of amides is 1. The first-order valence-corrected chi connectivity index (χ1v) is 8.82. The number of pyridine rings is 1. The zero-order valence-electron chi connectivity index (χ0n) is 15.6. The summed E-state index contributed by atoms with van der Waals surface area (Å²) in [5, 5.41) is 0. The Hall–Kier alpha value is -3.29. The van der Waals surface area contributed by atoms with Crippen molar-refractivity contribution in [2.24, 2.45) is 0 Å². The molecule has 0 saturated heterocycles. The molecule has 27 heavy (non-hydrogen) atoms. The molecule has 0 spiro atoms. The first-order chi connectivity index (χ1) is 13.0. The van der Waals surface area contributed by atoms with Gasteiger partial charge in [-0.15, -0.1) is 0 Å². The van der Waals surface area contributed by atoms with Gasteiger partial charge in [0.05, 0.1) is 12.2 Å². The number of H-pyrrole nitrogens is 1. The Morgan fingerprint density at radius 2 is 2.07 bits per heavy atom. The largest absolute Gasteiger partial charge is 0.362 e. The van der Waals surface area contributed by atoms with Crippen molar-refractivity contribution >= 4 is 11.7 Å². The minimum Gasteiger partial charge on any atom is -0.362 e. The molecule has 0 aliphatic carbocycles. The van der Waals surface area contributed by atoms with Crippen LogP contribution in [0.3, 0.4) is 0 Å². The van der Waals surface area contributed by atoms with E-state index in [1.807, 2.05) is 44.1 Å². The normalized spacial score (nSPS) is 13.4. The van der Waals surface area contributed by atoms with Gasteiger partial charge in [0, 0.05) is 44.3 Å². The van der Waals surface area contributed by atoms with Crippen LogP contribution in [0, 0.1) is 6.92 Å². The van der Waals surface area contributed by atoms with Gasteiger partial charge in [-0.1, -0.05) is 6.07 Å². The number of rotatable bonds is 3. The summed E-state index contributed by atoms with van der Waals surface area (Å²) in [5.41, 5.74) is 3.52. The minimum absolute atomic E-state index is 0.113. The Balaban J connectivity index is 1.71. The number of anilines is 1. The third kappa shape index (κ3) is 3.25. The van der Waals surface area contributed by atoms with Gasteiger partial charge in [-0.05, 0) is 25.5 Å². The van der Waals surface area contributed by atoms with Crippen molar-refractivity contribution in [3.8, 4) is 11.5 Å². The van der Waals surface area contributed by atoms with Crippen molar-refractivity contribution in [3.63, 3.8) is 0 Å². The van der Waals surface area contributed by atoms with E-state index in [0.717, 1.165) is 22.8 Å². The van der Waals surface area contributed by atoms with Crippen molar-refractivity contribution in [1.29, 1.82) is 0 Å². The molecular formula is C19H21N7O. The fourth-order valence-corrected chi connectivity index (χ4v) is 3.23. The van der Waals surface area contributed by atoms with Gasteiger partial charge >= 0.3 is 0 Å². The van der Waals surface area contributed by atoms with Gasteiger partial charge in [-0.25, -0.2) is 15.0 Å². The number of aromatic amines is 1. The summed E-state index contributed by atoms with van der Waals surface area (Å²) in [5.74, 6) is 1.70. The molecule has 1 aliphatic rings. The summed E-state index contributed by atoms with van der Waals surface area (Å²) >= 11 is 0. The molecule has 3 aromatic rings. The number of hydrogen-bond donors (Lipinski definition) is 1. The van der Waals surface area contributed by atoms with E-state index in [1.165, 1.54) is 0 Å². The SMILES string of the molecule is Cc1cnc(C(=O)N2CCc3c(nc(-c4ccccn4)nc3N(C)C)C2)[nH]1. The molecule has 1 N–H and O–H groups in total. The Labute approximate surface area is 157 Å². The van der Waals surface area contributed by atoms with Gasteiger partial charge in [0.2, 0.25) is 0 Å². The summed E-state index contributed by atoms with van der Waals surface area (Å²) in [4.78, 5) is 37.5. The van der Waals surface area contributed by atoms with Gasteiger partial charge in [-0.2, -0.15) is 0 Å². The topological polar surface area (TPSA) is 90.9 Å². The van der Waals surface area contributed by atoms with Gasteiger partial charge in [-0.3, -0.25) is 9.78 Å². The highest BCUT2D eigenvalue weighted by atomic mass is 16.2. The number of nitrogens with one attached hydrogen (secondary N) is 1. The van der Waals surface area contributed by atoms with E-state index in [0.29, 0.717) is 36.9 Å². The molecule has 8 nitrogen and oxygen atoms in total. The minimum atomic E-state index is -0.113. The van der Waals surface area contributed by atoms with Crippen LogP contribution in [0.15, 0.2) is 30.6 Å². The quantitative estimate of drug-likeness (QED) is 0.763. The van der Waals surface area contributed by atoms with Gasteiger partial charge in [0.25, 0.3) is 5.91 Å². The maximum Gasteiger partial charge on any atom is 0.290 e. The summed E-state index contributed by atoms with van der Waals surface area (Å²) in [7, 11) is 3.93. The van der Waals surface area contributed by atoms with Crippen LogP contribution in [0.1, 0.15) is 27.6 Å². The molecular weight excluding hydrogens is 342 g/mol. The van der Waals surface area contributed by atoms with Crippen molar-refractivity contribution < 1.29 is 4.79 Å². The molecule has 0 atom stereocenters. The van der Waals surface area contributed by atoms with Gasteiger partial charge < -0.3 is 14.8 Å². The molecule has 8 heteroatoms. The number of nitrogens with zero attached hydrogens (tertiary/aromatic N) is 6. The Morgan fingerprint density at radius 3 is 2.74 bits per heavy atom. The molecule has 0 unspecified atom stereocenters. The molecule has 138 valence electrons. The van der Waals surface area contributed by atoms with E-state index < -0.39 is 0 Å². The highest BCUT2D eigenvalue weighted by molar-refractivity contribution is 5.90. The number of carbonyl (C=O) groups excluding carboxylic acids is 1. The van der Waals surface area contributed by atoms with Crippen LogP contribution in [0.4, 0.5) is 5.82 Å². The van der Waals surface area contributed by atoms with Crippen LogP contribution in [-0.2, 0) is 13.0 Å². The molecule has 4 heterocycles. The average Bonchev–Trinajstić information content (AvgIpc) is 3.13. The van der Waals surface area contributed by atoms with Crippen LogP contribution in [0.2, 0.25) is 0 Å². The molecule has 0 fully saturated rings. The summed E-state index contributed by atoms with van der Waals surface area (Å²) in [6.07, 6.45) is 4.09. The molecule has 0 aromatic carbocycles. The third-order valence-corrected chi connectivity index (χ3v) is 4.55. The number of aromatic nitrogens is 5. The zero-order chi connectivity index (χ0) is 19.0. The fourth-order valence-electron chi connectivity index (χ4n) is 3.23. The Kier molecular flexibility index (Phi) is 4.31. The second-order valence-electron chi connectivity index (χ2n) is 6.80. The average molecular weight is 363 g/mol. The smallest absolute Gasteiger partial charge is 0.290 e. The maximum absolute atomic E-state index is 12.8. The molecule has 1 aliphatic heterocycles. The van der Waals surface area contributed by atoms with Gasteiger partial charge in [0.15, 0.2) is 11.6 Å². The highest BCUT2D eigenvalue weighted by Crippen LogP contribution is 2.28. The van der Waals surface area contributed by atoms with Crippen LogP contribution >= 0.6 is 0 Å². The first-order valence-electron chi connectivity index (χ1n) is 8.82. The number of carbonyl (C=O) groups is 1. The van der Waals surface area contributed by atoms with Crippen LogP contribution in [0.25, 0.3) is 11.5 Å².